The number of para-hydroxylation sites is 1. The van der Waals surface area contributed by atoms with E-state index >= 15 is 0 Å². The highest BCUT2D eigenvalue weighted by atomic mass is 15.2. The van der Waals surface area contributed by atoms with E-state index in [0.717, 1.165) is 0 Å². The van der Waals surface area contributed by atoms with Gasteiger partial charge >= 0.3 is 0 Å². The average molecular weight is 225 g/mol. The second-order valence-electron chi connectivity index (χ2n) is 4.87. The summed E-state index contributed by atoms with van der Waals surface area (Å²) < 4.78 is 0. The first-order valence-electron chi connectivity index (χ1n) is 5.92. The second kappa shape index (κ2) is 4.25. The first kappa shape index (κ1) is 11.7. The molecule has 0 aliphatic carbocycles. The number of allylic oxidation sites excluding steroid dienone is 5. The summed E-state index contributed by atoms with van der Waals surface area (Å²) in [5.74, 6) is 0. The van der Waals surface area contributed by atoms with Crippen LogP contribution in [0.4, 0.5) is 5.69 Å². The van der Waals surface area contributed by atoms with Crippen LogP contribution in [0.3, 0.4) is 0 Å². The Morgan fingerprint density at radius 1 is 1.18 bits per heavy atom. The molecule has 0 aromatic heterocycles. The summed E-state index contributed by atoms with van der Waals surface area (Å²) in [5.41, 5.74) is 4.07. The molecule has 0 atom stereocenters. The van der Waals surface area contributed by atoms with E-state index in [4.69, 9.17) is 0 Å². The van der Waals surface area contributed by atoms with E-state index in [1.165, 1.54) is 16.9 Å². The highest BCUT2D eigenvalue weighted by Gasteiger charge is 2.37. The molecule has 88 valence electrons. The second-order valence-corrected chi connectivity index (χ2v) is 4.87. The molecule has 1 aliphatic heterocycles. The summed E-state index contributed by atoms with van der Waals surface area (Å²) in [6.07, 6.45) is 7.97. The third-order valence-electron chi connectivity index (χ3n) is 3.44. The summed E-state index contributed by atoms with van der Waals surface area (Å²) in [7, 11) is 2.13. The average Bonchev–Trinajstić information content (AvgIpc) is 2.51. The van der Waals surface area contributed by atoms with Crippen molar-refractivity contribution >= 4 is 5.69 Å². The number of hydrogen-bond acceptors (Lipinski definition) is 1. The minimum absolute atomic E-state index is 0.0663. The van der Waals surface area contributed by atoms with E-state index in [1.54, 1.807) is 6.08 Å². The molecule has 1 aromatic rings. The number of nitrogens with zero attached hydrogens (tertiary/aromatic N) is 1. The van der Waals surface area contributed by atoms with Gasteiger partial charge in [0.25, 0.3) is 0 Å². The standard InChI is InChI=1S/C16H19N/c1-5-6-7-12-15-16(2,3)13-10-8-9-11-14(13)17(15)4/h5-12H,1H2,2-4H3/b7-6+,15-12+. The van der Waals surface area contributed by atoms with E-state index in [2.05, 4.69) is 62.7 Å². The van der Waals surface area contributed by atoms with Crippen molar-refractivity contribution in [3.63, 3.8) is 0 Å². The van der Waals surface area contributed by atoms with E-state index in [9.17, 15) is 0 Å². The van der Waals surface area contributed by atoms with Crippen LogP contribution in [0.25, 0.3) is 0 Å². The van der Waals surface area contributed by atoms with Crippen molar-refractivity contribution in [3.8, 4) is 0 Å². The van der Waals surface area contributed by atoms with E-state index in [1.807, 2.05) is 12.2 Å². The Kier molecular flexibility index (Phi) is 2.93. The third kappa shape index (κ3) is 1.82. The maximum absolute atomic E-state index is 3.69. The van der Waals surface area contributed by atoms with Gasteiger partial charge in [0.2, 0.25) is 0 Å². The van der Waals surface area contributed by atoms with Gasteiger partial charge in [0, 0.05) is 23.8 Å². The Bertz CT molecular complexity index is 492. The van der Waals surface area contributed by atoms with Gasteiger partial charge in [-0.3, -0.25) is 0 Å². The molecule has 1 aliphatic rings. The fraction of sp³-hybridized carbons (Fsp3) is 0.250. The fourth-order valence-corrected chi connectivity index (χ4v) is 2.53. The fourth-order valence-electron chi connectivity index (χ4n) is 2.53. The summed E-state index contributed by atoms with van der Waals surface area (Å²) in [4.78, 5) is 2.27. The molecule has 1 aromatic carbocycles. The van der Waals surface area contributed by atoms with Gasteiger partial charge in [0.15, 0.2) is 0 Å². The zero-order valence-corrected chi connectivity index (χ0v) is 10.8. The summed E-state index contributed by atoms with van der Waals surface area (Å²) in [6, 6.07) is 8.59. The molecule has 0 saturated carbocycles. The normalized spacial score (nSPS) is 19.9. The SMILES string of the molecule is C=C/C=C/C=C1/N(C)c2ccccc2C1(C)C. The molecular weight excluding hydrogens is 206 g/mol. The molecule has 0 bridgehead atoms. The molecule has 0 spiro atoms. The highest BCUT2D eigenvalue weighted by molar-refractivity contribution is 5.70. The highest BCUT2D eigenvalue weighted by Crippen LogP contribution is 2.46. The van der Waals surface area contributed by atoms with Crippen molar-refractivity contribution in [2.24, 2.45) is 0 Å². The number of fused-ring (bicyclic) bond motifs is 1. The van der Waals surface area contributed by atoms with Crippen LogP contribution in [0.5, 0.6) is 0 Å². The monoisotopic (exact) mass is 225 g/mol. The minimum atomic E-state index is 0.0663. The van der Waals surface area contributed by atoms with Crippen molar-refractivity contribution in [1.29, 1.82) is 0 Å². The Balaban J connectivity index is 2.50. The molecule has 2 rings (SSSR count). The molecule has 17 heavy (non-hydrogen) atoms. The lowest BCUT2D eigenvalue weighted by Crippen LogP contribution is -2.22. The van der Waals surface area contributed by atoms with Crippen molar-refractivity contribution in [1.82, 2.24) is 0 Å². The van der Waals surface area contributed by atoms with Crippen molar-refractivity contribution in [2.75, 3.05) is 11.9 Å². The largest absolute Gasteiger partial charge is 0.347 e. The number of hydrogen-bond donors (Lipinski definition) is 0. The van der Waals surface area contributed by atoms with Gasteiger partial charge in [-0.1, -0.05) is 56.9 Å². The van der Waals surface area contributed by atoms with E-state index in [-0.39, 0.29) is 5.41 Å². The van der Waals surface area contributed by atoms with Gasteiger partial charge in [0.05, 0.1) is 0 Å². The summed E-state index contributed by atoms with van der Waals surface area (Å²) in [6.45, 7) is 8.22. The lowest BCUT2D eigenvalue weighted by Gasteiger charge is -2.23. The molecule has 0 N–H and O–H groups in total. The molecule has 0 radical (unpaired) electrons. The Hall–Kier alpha value is -1.76. The Morgan fingerprint density at radius 3 is 2.53 bits per heavy atom. The lowest BCUT2D eigenvalue weighted by atomic mass is 9.84. The third-order valence-corrected chi connectivity index (χ3v) is 3.44. The summed E-state index contributed by atoms with van der Waals surface area (Å²) in [5, 5.41) is 0. The number of anilines is 1. The Labute approximate surface area is 104 Å². The first-order chi connectivity index (χ1) is 8.09. The number of rotatable bonds is 2. The zero-order chi connectivity index (χ0) is 12.5. The van der Waals surface area contributed by atoms with Gasteiger partial charge in [-0.15, -0.1) is 0 Å². The van der Waals surface area contributed by atoms with Crippen molar-refractivity contribution < 1.29 is 0 Å². The minimum Gasteiger partial charge on any atom is -0.347 e. The molecule has 0 unspecified atom stereocenters. The zero-order valence-electron chi connectivity index (χ0n) is 10.8. The Morgan fingerprint density at radius 2 is 1.88 bits per heavy atom. The van der Waals surface area contributed by atoms with Crippen LogP contribution in [0.1, 0.15) is 19.4 Å². The smallest absolute Gasteiger partial charge is 0.0447 e. The van der Waals surface area contributed by atoms with Gasteiger partial charge in [-0.05, 0) is 17.7 Å². The van der Waals surface area contributed by atoms with Gasteiger partial charge in [-0.2, -0.15) is 0 Å². The van der Waals surface area contributed by atoms with Crippen LogP contribution in [-0.4, -0.2) is 7.05 Å². The topological polar surface area (TPSA) is 3.24 Å². The van der Waals surface area contributed by atoms with Gasteiger partial charge in [0.1, 0.15) is 0 Å². The van der Waals surface area contributed by atoms with Crippen LogP contribution >= 0.6 is 0 Å². The number of likely N-dealkylation sites (N-methyl/N-ethyl adjacent to an activating group) is 1. The first-order valence-corrected chi connectivity index (χ1v) is 5.92. The molecule has 0 saturated heterocycles. The van der Waals surface area contributed by atoms with Crippen LogP contribution in [0.2, 0.25) is 0 Å². The lowest BCUT2D eigenvalue weighted by molar-refractivity contribution is 0.640. The predicted octanol–water partition coefficient (Wildman–Crippen LogP) is 4.04. The van der Waals surface area contributed by atoms with Crippen molar-refractivity contribution in [2.45, 2.75) is 19.3 Å². The summed E-state index contributed by atoms with van der Waals surface area (Å²) >= 11 is 0. The molecule has 1 heterocycles. The molecular formula is C16H19N. The molecule has 1 nitrogen and oxygen atoms in total. The van der Waals surface area contributed by atoms with Gasteiger partial charge in [-0.25, -0.2) is 0 Å². The van der Waals surface area contributed by atoms with Crippen LogP contribution in [0.15, 0.2) is 60.8 Å². The molecule has 0 fully saturated rings. The van der Waals surface area contributed by atoms with E-state index < -0.39 is 0 Å². The maximum atomic E-state index is 3.69. The quantitative estimate of drug-likeness (QED) is 0.687. The van der Waals surface area contributed by atoms with Crippen LogP contribution < -0.4 is 4.90 Å². The van der Waals surface area contributed by atoms with Gasteiger partial charge < -0.3 is 4.90 Å². The van der Waals surface area contributed by atoms with Crippen LogP contribution in [0, 0.1) is 0 Å². The maximum Gasteiger partial charge on any atom is 0.0447 e. The molecule has 1 heteroatoms. The predicted molar refractivity (Wildman–Crippen MR) is 75.3 cm³/mol. The van der Waals surface area contributed by atoms with Crippen molar-refractivity contribution in [3.05, 3.63) is 66.4 Å². The van der Waals surface area contributed by atoms with Crippen LogP contribution in [-0.2, 0) is 5.41 Å². The number of benzene rings is 1. The molecule has 0 amide bonds. The van der Waals surface area contributed by atoms with E-state index in [0.29, 0.717) is 0 Å².